The van der Waals surface area contributed by atoms with Crippen molar-refractivity contribution < 1.29 is 13.9 Å². The van der Waals surface area contributed by atoms with Crippen LogP contribution in [0, 0.1) is 5.82 Å². The minimum absolute atomic E-state index is 0.00990. The molecule has 0 saturated carbocycles. The van der Waals surface area contributed by atoms with Gasteiger partial charge < -0.3 is 10.1 Å². The largest absolute Gasteiger partial charge is 0.494 e. The van der Waals surface area contributed by atoms with Crippen molar-refractivity contribution in [3.05, 3.63) is 35.9 Å². The minimum atomic E-state index is -0.466. The molecule has 0 radical (unpaired) electrons. The molecule has 1 amide bonds. The van der Waals surface area contributed by atoms with Crippen molar-refractivity contribution in [2.24, 2.45) is 0 Å². The van der Waals surface area contributed by atoms with Gasteiger partial charge in [-0.15, -0.1) is 5.10 Å². The molecule has 0 bridgehead atoms. The number of amides is 1. The van der Waals surface area contributed by atoms with Crippen LogP contribution in [0.4, 0.5) is 4.39 Å². The van der Waals surface area contributed by atoms with Crippen LogP contribution in [0.15, 0.2) is 24.5 Å². The molecule has 0 saturated heterocycles. The van der Waals surface area contributed by atoms with Gasteiger partial charge >= 0.3 is 0 Å². The van der Waals surface area contributed by atoms with Gasteiger partial charge in [0.25, 0.3) is 0 Å². The molecule has 0 aliphatic rings. The molecule has 1 N–H and O–H groups in total. The summed E-state index contributed by atoms with van der Waals surface area (Å²) in [5, 5.41) is 13.2. The molecule has 1 heterocycles. The monoisotopic (exact) mass is 279 g/mol. The number of halogens is 1. The molecule has 20 heavy (non-hydrogen) atoms. The van der Waals surface area contributed by atoms with Gasteiger partial charge in [0.1, 0.15) is 12.9 Å². The highest BCUT2D eigenvalue weighted by Crippen LogP contribution is 2.21. The first-order valence-electron chi connectivity index (χ1n) is 5.93. The number of aromatic nitrogens is 4. The van der Waals surface area contributed by atoms with E-state index >= 15 is 0 Å². The summed E-state index contributed by atoms with van der Waals surface area (Å²) in [6.45, 7) is 1.77. The average Bonchev–Trinajstić information content (AvgIpc) is 2.91. The number of carbonyl (C=O) groups is 1. The molecule has 2 aromatic rings. The molecule has 0 fully saturated rings. The van der Waals surface area contributed by atoms with Crippen LogP contribution < -0.4 is 10.1 Å². The van der Waals surface area contributed by atoms with Gasteiger partial charge in [0.15, 0.2) is 11.6 Å². The summed E-state index contributed by atoms with van der Waals surface area (Å²) in [5.41, 5.74) is 0.647. The van der Waals surface area contributed by atoms with Crippen LogP contribution in [-0.2, 0) is 11.3 Å². The van der Waals surface area contributed by atoms with Crippen molar-refractivity contribution in [1.29, 1.82) is 0 Å². The zero-order valence-corrected chi connectivity index (χ0v) is 11.1. The van der Waals surface area contributed by atoms with E-state index in [1.165, 1.54) is 30.3 Å². The standard InChI is InChI=1S/C12H14FN5O2/c1-8(9-3-4-11(20-2)10(13)5-9)15-12(19)6-18-7-14-16-17-18/h3-5,7-8H,6H2,1-2H3,(H,15,19)/t8-/m1/s1. The van der Waals surface area contributed by atoms with E-state index in [4.69, 9.17) is 4.74 Å². The first-order chi connectivity index (χ1) is 9.60. The number of carbonyl (C=O) groups excluding carboxylic acids is 1. The van der Waals surface area contributed by atoms with Crippen LogP contribution in [0.5, 0.6) is 5.75 Å². The number of rotatable bonds is 5. The SMILES string of the molecule is COc1ccc([C@@H](C)NC(=O)Cn2cnnn2)cc1F. The van der Waals surface area contributed by atoms with E-state index in [0.717, 1.165) is 0 Å². The van der Waals surface area contributed by atoms with E-state index in [0.29, 0.717) is 5.56 Å². The molecule has 106 valence electrons. The zero-order valence-electron chi connectivity index (χ0n) is 11.1. The Balaban J connectivity index is 1.99. The van der Waals surface area contributed by atoms with Gasteiger partial charge in [0, 0.05) is 0 Å². The molecular formula is C12H14FN5O2. The normalized spacial score (nSPS) is 11.9. The summed E-state index contributed by atoms with van der Waals surface area (Å²) in [7, 11) is 1.40. The van der Waals surface area contributed by atoms with Crippen LogP contribution in [0.2, 0.25) is 0 Å². The van der Waals surface area contributed by atoms with Crippen molar-refractivity contribution in [2.75, 3.05) is 7.11 Å². The van der Waals surface area contributed by atoms with Gasteiger partial charge in [-0.05, 0) is 35.0 Å². The van der Waals surface area contributed by atoms with Crippen LogP contribution in [0.1, 0.15) is 18.5 Å². The highest BCUT2D eigenvalue weighted by Gasteiger charge is 2.12. The summed E-state index contributed by atoms with van der Waals surface area (Å²) >= 11 is 0. The molecule has 0 spiro atoms. The maximum absolute atomic E-state index is 13.6. The molecule has 2 rings (SSSR count). The summed E-state index contributed by atoms with van der Waals surface area (Å²) in [6.07, 6.45) is 1.34. The third kappa shape index (κ3) is 3.28. The van der Waals surface area contributed by atoms with E-state index in [2.05, 4.69) is 20.8 Å². The van der Waals surface area contributed by atoms with E-state index in [1.54, 1.807) is 13.0 Å². The zero-order chi connectivity index (χ0) is 14.5. The lowest BCUT2D eigenvalue weighted by atomic mass is 10.1. The fraction of sp³-hybridized carbons (Fsp3) is 0.333. The Bertz CT molecular complexity index is 588. The molecule has 0 aliphatic carbocycles. The smallest absolute Gasteiger partial charge is 0.242 e. The van der Waals surface area contributed by atoms with Gasteiger partial charge in [-0.3, -0.25) is 4.79 Å². The predicted molar refractivity (Wildman–Crippen MR) is 67.3 cm³/mol. The fourth-order valence-electron chi connectivity index (χ4n) is 1.72. The van der Waals surface area contributed by atoms with Crippen LogP contribution in [-0.4, -0.2) is 33.2 Å². The highest BCUT2D eigenvalue weighted by molar-refractivity contribution is 5.76. The number of tetrazole rings is 1. The molecule has 1 aromatic heterocycles. The fourth-order valence-corrected chi connectivity index (χ4v) is 1.72. The second-order valence-corrected chi connectivity index (χ2v) is 4.19. The molecule has 8 heteroatoms. The number of hydrogen-bond acceptors (Lipinski definition) is 5. The van der Waals surface area contributed by atoms with E-state index in [-0.39, 0.29) is 24.2 Å². The molecule has 0 unspecified atom stereocenters. The lowest BCUT2D eigenvalue weighted by Gasteiger charge is -2.15. The Kier molecular flexibility index (Phi) is 4.24. The van der Waals surface area contributed by atoms with Crippen molar-refractivity contribution in [3.63, 3.8) is 0 Å². The van der Waals surface area contributed by atoms with Gasteiger partial charge in [-0.1, -0.05) is 6.07 Å². The van der Waals surface area contributed by atoms with E-state index < -0.39 is 5.82 Å². The maximum Gasteiger partial charge on any atom is 0.242 e. The third-order valence-corrected chi connectivity index (χ3v) is 2.75. The lowest BCUT2D eigenvalue weighted by molar-refractivity contribution is -0.122. The van der Waals surface area contributed by atoms with E-state index in [1.807, 2.05) is 0 Å². The number of methoxy groups -OCH3 is 1. The first kappa shape index (κ1) is 13.9. The topological polar surface area (TPSA) is 81.9 Å². The summed E-state index contributed by atoms with van der Waals surface area (Å²) in [4.78, 5) is 11.8. The third-order valence-electron chi connectivity index (χ3n) is 2.75. The lowest BCUT2D eigenvalue weighted by Crippen LogP contribution is -2.30. The number of benzene rings is 1. The van der Waals surface area contributed by atoms with Crippen molar-refractivity contribution >= 4 is 5.91 Å². The number of nitrogens with zero attached hydrogens (tertiary/aromatic N) is 4. The summed E-state index contributed by atoms with van der Waals surface area (Å²) in [5.74, 6) is -0.562. The van der Waals surface area contributed by atoms with Crippen molar-refractivity contribution in [2.45, 2.75) is 19.5 Å². The molecule has 7 nitrogen and oxygen atoms in total. The van der Waals surface area contributed by atoms with Crippen molar-refractivity contribution in [1.82, 2.24) is 25.5 Å². The van der Waals surface area contributed by atoms with Crippen LogP contribution in [0.25, 0.3) is 0 Å². The first-order valence-corrected chi connectivity index (χ1v) is 5.93. The Morgan fingerprint density at radius 2 is 2.35 bits per heavy atom. The van der Waals surface area contributed by atoms with Gasteiger partial charge in [0.05, 0.1) is 13.2 Å². The molecule has 1 aromatic carbocycles. The number of hydrogen-bond donors (Lipinski definition) is 1. The van der Waals surface area contributed by atoms with Crippen LogP contribution in [0.3, 0.4) is 0 Å². The number of ether oxygens (including phenoxy) is 1. The second kappa shape index (κ2) is 6.09. The molecule has 1 atom stereocenters. The van der Waals surface area contributed by atoms with Gasteiger partial charge in [-0.2, -0.15) is 0 Å². The van der Waals surface area contributed by atoms with Crippen LogP contribution >= 0.6 is 0 Å². The van der Waals surface area contributed by atoms with Crippen molar-refractivity contribution in [3.8, 4) is 5.75 Å². The highest BCUT2D eigenvalue weighted by atomic mass is 19.1. The number of nitrogens with one attached hydrogen (secondary N) is 1. The molecule has 0 aliphatic heterocycles. The van der Waals surface area contributed by atoms with Gasteiger partial charge in [0.2, 0.25) is 5.91 Å². The van der Waals surface area contributed by atoms with E-state index in [9.17, 15) is 9.18 Å². The summed E-state index contributed by atoms with van der Waals surface area (Å²) < 4.78 is 19.7. The Hall–Kier alpha value is -2.51. The molecular weight excluding hydrogens is 265 g/mol. The van der Waals surface area contributed by atoms with Gasteiger partial charge in [-0.25, -0.2) is 9.07 Å². The Labute approximate surface area is 114 Å². The second-order valence-electron chi connectivity index (χ2n) is 4.19. The maximum atomic E-state index is 13.6. The average molecular weight is 279 g/mol. The Morgan fingerprint density at radius 3 is 2.95 bits per heavy atom. The predicted octanol–water partition coefficient (Wildman–Crippen LogP) is 0.698. The quantitative estimate of drug-likeness (QED) is 0.871. The minimum Gasteiger partial charge on any atom is -0.494 e. The Morgan fingerprint density at radius 1 is 1.55 bits per heavy atom. The summed E-state index contributed by atoms with van der Waals surface area (Å²) in [6, 6.07) is 4.22.